The molecule has 2 atom stereocenters. The van der Waals surface area contributed by atoms with Crippen LogP contribution in [0.15, 0.2) is 60.7 Å². The second kappa shape index (κ2) is 8.46. The number of carbonyl (C=O) groups excluding carboxylic acids is 2. The zero-order valence-corrected chi connectivity index (χ0v) is 15.9. The van der Waals surface area contributed by atoms with E-state index in [1.807, 2.05) is 60.7 Å². The molecule has 4 rings (SSSR count). The summed E-state index contributed by atoms with van der Waals surface area (Å²) in [6.07, 6.45) is 4.80. The summed E-state index contributed by atoms with van der Waals surface area (Å²) < 4.78 is 5.63. The molecule has 2 aromatic carbocycles. The monoisotopic (exact) mass is 378 g/mol. The van der Waals surface area contributed by atoms with Gasteiger partial charge in [0.05, 0.1) is 0 Å². The summed E-state index contributed by atoms with van der Waals surface area (Å²) in [5.41, 5.74) is 1.75. The Bertz CT molecular complexity index is 803. The van der Waals surface area contributed by atoms with Gasteiger partial charge in [0.15, 0.2) is 0 Å². The van der Waals surface area contributed by atoms with Gasteiger partial charge < -0.3 is 10.1 Å². The van der Waals surface area contributed by atoms with Crippen LogP contribution in [0.1, 0.15) is 49.3 Å². The van der Waals surface area contributed by atoms with Crippen molar-refractivity contribution in [3.8, 4) is 0 Å². The number of nitrogens with one attached hydrogen (secondary N) is 1. The van der Waals surface area contributed by atoms with Gasteiger partial charge in [-0.15, -0.1) is 0 Å². The first-order chi connectivity index (χ1) is 13.7. The van der Waals surface area contributed by atoms with E-state index in [9.17, 15) is 9.59 Å². The van der Waals surface area contributed by atoms with E-state index in [-0.39, 0.29) is 24.6 Å². The van der Waals surface area contributed by atoms with Gasteiger partial charge in [0.2, 0.25) is 5.91 Å². The van der Waals surface area contributed by atoms with Crippen LogP contribution in [0.5, 0.6) is 0 Å². The molecule has 5 nitrogen and oxygen atoms in total. The Labute approximate surface area is 165 Å². The number of nitrogens with zero attached hydrogens (tertiary/aromatic N) is 1. The lowest BCUT2D eigenvalue weighted by Crippen LogP contribution is -2.46. The Kier molecular flexibility index (Phi) is 5.60. The minimum Gasteiger partial charge on any atom is -0.444 e. The summed E-state index contributed by atoms with van der Waals surface area (Å²) in [7, 11) is 0. The van der Waals surface area contributed by atoms with Gasteiger partial charge in [0.1, 0.15) is 18.8 Å². The third-order valence-electron chi connectivity index (χ3n) is 5.74. The van der Waals surface area contributed by atoms with Crippen molar-refractivity contribution in [2.24, 2.45) is 5.92 Å². The third kappa shape index (κ3) is 3.88. The largest absolute Gasteiger partial charge is 0.444 e. The number of hydrogen-bond acceptors (Lipinski definition) is 3. The highest BCUT2D eigenvalue weighted by Crippen LogP contribution is 2.36. The van der Waals surface area contributed by atoms with Crippen LogP contribution in [0.3, 0.4) is 0 Å². The highest BCUT2D eigenvalue weighted by molar-refractivity contribution is 5.90. The summed E-state index contributed by atoms with van der Waals surface area (Å²) in [5, 5.41) is 3.09. The lowest BCUT2D eigenvalue weighted by molar-refractivity contribution is -0.121. The SMILES string of the molecule is O=C1NC(C2CCCCC2)N(C(=O)OCc2ccccc2)C1c1ccccc1. The Morgan fingerprint density at radius 1 is 0.964 bits per heavy atom. The summed E-state index contributed by atoms with van der Waals surface area (Å²) in [5.74, 6) is 0.147. The van der Waals surface area contributed by atoms with Crippen LogP contribution >= 0.6 is 0 Å². The summed E-state index contributed by atoms with van der Waals surface area (Å²) in [4.78, 5) is 27.6. The Morgan fingerprint density at radius 2 is 1.61 bits per heavy atom. The van der Waals surface area contributed by atoms with Crippen molar-refractivity contribution in [3.05, 3.63) is 71.8 Å². The zero-order chi connectivity index (χ0) is 19.3. The molecular weight excluding hydrogens is 352 g/mol. The molecule has 1 saturated carbocycles. The molecule has 5 heteroatoms. The van der Waals surface area contributed by atoms with E-state index in [0.717, 1.165) is 36.8 Å². The maximum atomic E-state index is 13.1. The van der Waals surface area contributed by atoms with Crippen LogP contribution in [-0.4, -0.2) is 23.1 Å². The van der Waals surface area contributed by atoms with Crippen LogP contribution in [0.4, 0.5) is 4.79 Å². The van der Waals surface area contributed by atoms with E-state index >= 15 is 0 Å². The van der Waals surface area contributed by atoms with Crippen LogP contribution in [0, 0.1) is 5.92 Å². The Balaban J connectivity index is 1.58. The smallest absolute Gasteiger partial charge is 0.412 e. The second-order valence-electron chi connectivity index (χ2n) is 7.61. The van der Waals surface area contributed by atoms with Crippen LogP contribution in [0.25, 0.3) is 0 Å². The van der Waals surface area contributed by atoms with Gasteiger partial charge in [-0.1, -0.05) is 79.9 Å². The average Bonchev–Trinajstić information content (AvgIpc) is 3.11. The summed E-state index contributed by atoms with van der Waals surface area (Å²) in [6, 6.07) is 18.5. The molecule has 0 aromatic heterocycles. The number of ether oxygens (including phenoxy) is 1. The van der Waals surface area contributed by atoms with E-state index < -0.39 is 12.1 Å². The molecule has 2 fully saturated rings. The Hall–Kier alpha value is -2.82. The summed E-state index contributed by atoms with van der Waals surface area (Å²) >= 11 is 0. The minimum atomic E-state index is -0.642. The number of amides is 2. The van der Waals surface area contributed by atoms with Gasteiger partial charge in [-0.3, -0.25) is 9.69 Å². The van der Waals surface area contributed by atoms with Crippen molar-refractivity contribution in [1.29, 1.82) is 0 Å². The zero-order valence-electron chi connectivity index (χ0n) is 15.9. The van der Waals surface area contributed by atoms with Gasteiger partial charge in [-0.2, -0.15) is 0 Å². The topological polar surface area (TPSA) is 58.6 Å². The molecule has 0 radical (unpaired) electrons. The molecule has 1 N–H and O–H groups in total. The number of hydrogen-bond donors (Lipinski definition) is 1. The minimum absolute atomic E-state index is 0.126. The highest BCUT2D eigenvalue weighted by Gasteiger charge is 2.47. The second-order valence-corrected chi connectivity index (χ2v) is 7.61. The molecule has 1 aliphatic heterocycles. The first kappa shape index (κ1) is 18.5. The van der Waals surface area contributed by atoms with Crippen molar-refractivity contribution in [1.82, 2.24) is 10.2 Å². The van der Waals surface area contributed by atoms with E-state index in [2.05, 4.69) is 5.32 Å². The first-order valence-electron chi connectivity index (χ1n) is 10.1. The molecule has 2 aromatic rings. The van der Waals surface area contributed by atoms with Crippen LogP contribution in [-0.2, 0) is 16.1 Å². The van der Waals surface area contributed by atoms with Crippen molar-refractivity contribution in [2.75, 3.05) is 0 Å². The Morgan fingerprint density at radius 3 is 2.29 bits per heavy atom. The quantitative estimate of drug-likeness (QED) is 0.858. The molecule has 28 heavy (non-hydrogen) atoms. The van der Waals surface area contributed by atoms with Crippen molar-refractivity contribution < 1.29 is 14.3 Å². The molecule has 146 valence electrons. The molecule has 0 spiro atoms. The number of benzene rings is 2. The molecule has 1 saturated heterocycles. The van der Waals surface area contributed by atoms with E-state index in [4.69, 9.17) is 4.74 Å². The fraction of sp³-hybridized carbons (Fsp3) is 0.391. The lowest BCUT2D eigenvalue weighted by atomic mass is 9.86. The standard InChI is InChI=1S/C23H26N2O3/c26-22-20(18-12-6-2-7-13-18)25(21(24-22)19-14-8-3-9-15-19)23(27)28-16-17-10-4-1-5-11-17/h1-2,4-7,10-13,19-21H,3,8-9,14-16H2,(H,24,26). The third-order valence-corrected chi connectivity index (χ3v) is 5.74. The van der Waals surface area contributed by atoms with Gasteiger partial charge in [0.25, 0.3) is 0 Å². The number of rotatable bonds is 4. The first-order valence-corrected chi connectivity index (χ1v) is 10.1. The molecule has 1 heterocycles. The van der Waals surface area contributed by atoms with E-state index in [1.54, 1.807) is 4.90 Å². The summed E-state index contributed by atoms with van der Waals surface area (Å²) in [6.45, 7) is 0.198. The van der Waals surface area contributed by atoms with Crippen molar-refractivity contribution >= 4 is 12.0 Å². The maximum absolute atomic E-state index is 13.1. The van der Waals surface area contributed by atoms with E-state index in [0.29, 0.717) is 0 Å². The normalized spacial score (nSPS) is 22.7. The maximum Gasteiger partial charge on any atom is 0.412 e. The van der Waals surface area contributed by atoms with Crippen molar-refractivity contribution in [3.63, 3.8) is 0 Å². The van der Waals surface area contributed by atoms with Crippen LogP contribution in [0.2, 0.25) is 0 Å². The van der Waals surface area contributed by atoms with Gasteiger partial charge in [-0.05, 0) is 29.9 Å². The van der Waals surface area contributed by atoms with Gasteiger partial charge in [0, 0.05) is 0 Å². The predicted octanol–water partition coefficient (Wildman–Crippen LogP) is 4.40. The molecule has 2 amide bonds. The van der Waals surface area contributed by atoms with Gasteiger partial charge in [-0.25, -0.2) is 4.79 Å². The molecule has 2 aliphatic rings. The van der Waals surface area contributed by atoms with Crippen LogP contribution < -0.4 is 5.32 Å². The molecule has 2 unspecified atom stereocenters. The average molecular weight is 378 g/mol. The van der Waals surface area contributed by atoms with E-state index in [1.165, 1.54) is 6.42 Å². The fourth-order valence-corrected chi connectivity index (χ4v) is 4.34. The van der Waals surface area contributed by atoms with Crippen molar-refractivity contribution in [2.45, 2.75) is 50.9 Å². The predicted molar refractivity (Wildman–Crippen MR) is 106 cm³/mol. The number of carbonyl (C=O) groups is 2. The van der Waals surface area contributed by atoms with Gasteiger partial charge >= 0.3 is 6.09 Å². The molecular formula is C23H26N2O3. The highest BCUT2D eigenvalue weighted by atomic mass is 16.6. The lowest BCUT2D eigenvalue weighted by Gasteiger charge is -2.34. The fourth-order valence-electron chi connectivity index (χ4n) is 4.34. The molecule has 1 aliphatic carbocycles. The molecule has 0 bridgehead atoms.